The zero-order chi connectivity index (χ0) is 13.6. The van der Waals surface area contributed by atoms with E-state index < -0.39 is 12.8 Å². The van der Waals surface area contributed by atoms with Crippen LogP contribution in [0.25, 0.3) is 0 Å². The topological polar surface area (TPSA) is 98.6 Å². The van der Waals surface area contributed by atoms with E-state index in [1.165, 1.54) is 11.0 Å². The second-order valence-corrected chi connectivity index (χ2v) is 3.34. The minimum Gasteiger partial charge on any atom is -0.409 e. The first kappa shape index (κ1) is 14.2. The van der Waals surface area contributed by atoms with Crippen LogP contribution < -0.4 is 5.73 Å². The van der Waals surface area contributed by atoms with Gasteiger partial charge in [-0.2, -0.15) is 13.2 Å². The van der Waals surface area contributed by atoms with E-state index in [4.69, 9.17) is 10.9 Å². The first-order valence-corrected chi connectivity index (χ1v) is 4.94. The molecule has 0 unspecified atom stereocenters. The lowest BCUT2D eigenvalue weighted by Gasteiger charge is -2.07. The second-order valence-electron chi connectivity index (χ2n) is 3.34. The number of rotatable bonds is 6. The highest BCUT2D eigenvalue weighted by atomic mass is 19.4. The van der Waals surface area contributed by atoms with Crippen LogP contribution in [0.15, 0.2) is 11.5 Å². The lowest BCUT2D eigenvalue weighted by molar-refractivity contribution is -0.174. The van der Waals surface area contributed by atoms with Crippen molar-refractivity contribution < 1.29 is 23.1 Å². The highest BCUT2D eigenvalue weighted by molar-refractivity contribution is 5.93. The molecule has 0 aromatic carbocycles. The van der Waals surface area contributed by atoms with E-state index in [0.717, 1.165) is 0 Å². The van der Waals surface area contributed by atoms with E-state index >= 15 is 0 Å². The van der Waals surface area contributed by atoms with Gasteiger partial charge in [0.15, 0.2) is 0 Å². The summed E-state index contributed by atoms with van der Waals surface area (Å²) in [6.07, 6.45) is -2.64. The Kier molecular flexibility index (Phi) is 4.89. The van der Waals surface area contributed by atoms with Gasteiger partial charge >= 0.3 is 6.18 Å². The van der Waals surface area contributed by atoms with Crippen molar-refractivity contribution in [3.05, 3.63) is 12.2 Å². The van der Waals surface area contributed by atoms with Crippen molar-refractivity contribution in [2.24, 2.45) is 10.9 Å². The number of hydrogen-bond acceptors (Lipinski definition) is 5. The molecule has 0 aliphatic rings. The van der Waals surface area contributed by atoms with Gasteiger partial charge in [-0.15, -0.1) is 5.10 Å². The number of aryl methyl sites for hydroxylation is 1. The molecule has 3 N–H and O–H groups in total. The number of nitrogens with two attached hydrogens (primary N) is 1. The SMILES string of the molecule is N/C(=N/O)c1ncn(CCCOCC(F)(F)F)n1. The Bertz CT molecular complexity index is 404. The van der Waals surface area contributed by atoms with E-state index in [0.29, 0.717) is 13.0 Å². The van der Waals surface area contributed by atoms with Gasteiger partial charge in [0.2, 0.25) is 11.7 Å². The predicted molar refractivity (Wildman–Crippen MR) is 54.0 cm³/mol. The van der Waals surface area contributed by atoms with E-state index in [-0.39, 0.29) is 18.3 Å². The molecule has 0 spiro atoms. The van der Waals surface area contributed by atoms with Gasteiger partial charge in [-0.25, -0.2) is 4.98 Å². The van der Waals surface area contributed by atoms with Crippen molar-refractivity contribution in [2.75, 3.05) is 13.2 Å². The van der Waals surface area contributed by atoms with E-state index in [1.807, 2.05) is 0 Å². The van der Waals surface area contributed by atoms with Crippen LogP contribution in [0.3, 0.4) is 0 Å². The quantitative estimate of drug-likeness (QED) is 0.254. The summed E-state index contributed by atoms with van der Waals surface area (Å²) in [5.41, 5.74) is 5.24. The zero-order valence-electron chi connectivity index (χ0n) is 9.26. The molecule has 0 atom stereocenters. The third-order valence-electron chi connectivity index (χ3n) is 1.81. The monoisotopic (exact) mass is 267 g/mol. The highest BCUT2D eigenvalue weighted by Crippen LogP contribution is 2.14. The fourth-order valence-electron chi connectivity index (χ4n) is 1.08. The van der Waals surface area contributed by atoms with Crippen LogP contribution >= 0.6 is 0 Å². The van der Waals surface area contributed by atoms with E-state index in [1.54, 1.807) is 0 Å². The normalized spacial score (nSPS) is 12.9. The molecular formula is C8H12F3N5O2. The van der Waals surface area contributed by atoms with Crippen molar-refractivity contribution in [3.8, 4) is 0 Å². The molecule has 102 valence electrons. The average Bonchev–Trinajstić information content (AvgIpc) is 2.75. The molecule has 1 aromatic rings. The number of nitrogens with zero attached hydrogens (tertiary/aromatic N) is 4. The highest BCUT2D eigenvalue weighted by Gasteiger charge is 2.27. The van der Waals surface area contributed by atoms with Crippen molar-refractivity contribution in [3.63, 3.8) is 0 Å². The number of oxime groups is 1. The van der Waals surface area contributed by atoms with E-state index in [2.05, 4.69) is 20.0 Å². The summed E-state index contributed by atoms with van der Waals surface area (Å²) in [6.45, 7) is -0.985. The lowest BCUT2D eigenvalue weighted by Crippen LogP contribution is -2.18. The van der Waals surface area contributed by atoms with Gasteiger partial charge in [-0.1, -0.05) is 5.16 Å². The maximum Gasteiger partial charge on any atom is 0.411 e. The molecule has 1 rings (SSSR count). The minimum atomic E-state index is -4.31. The summed E-state index contributed by atoms with van der Waals surface area (Å²) in [5, 5.41) is 14.9. The van der Waals surface area contributed by atoms with Crippen LogP contribution in [0.5, 0.6) is 0 Å². The number of halogens is 3. The number of hydrogen-bond donors (Lipinski definition) is 2. The fourth-order valence-corrected chi connectivity index (χ4v) is 1.08. The summed E-state index contributed by atoms with van der Waals surface area (Å²) in [6, 6.07) is 0. The molecule has 7 nitrogen and oxygen atoms in total. The Morgan fingerprint density at radius 2 is 2.28 bits per heavy atom. The molecular weight excluding hydrogens is 255 g/mol. The molecule has 0 radical (unpaired) electrons. The molecule has 0 aliphatic heterocycles. The molecule has 0 bridgehead atoms. The maximum atomic E-state index is 11.7. The van der Waals surface area contributed by atoms with Gasteiger partial charge in [0.25, 0.3) is 0 Å². The minimum absolute atomic E-state index is 0.0434. The van der Waals surface area contributed by atoms with Crippen molar-refractivity contribution >= 4 is 5.84 Å². The van der Waals surface area contributed by atoms with E-state index in [9.17, 15) is 13.2 Å². The van der Waals surface area contributed by atoms with Crippen LogP contribution in [0.1, 0.15) is 12.2 Å². The Labute approximate surface area is 100 Å². The van der Waals surface area contributed by atoms with Gasteiger partial charge in [-0.05, 0) is 6.42 Å². The molecule has 0 saturated carbocycles. The first-order chi connectivity index (χ1) is 8.42. The number of alkyl halides is 3. The molecule has 0 aliphatic carbocycles. The Morgan fingerprint density at radius 1 is 1.56 bits per heavy atom. The largest absolute Gasteiger partial charge is 0.411 e. The molecule has 10 heteroatoms. The first-order valence-electron chi connectivity index (χ1n) is 4.94. The smallest absolute Gasteiger partial charge is 0.409 e. The number of ether oxygens (including phenoxy) is 1. The summed E-state index contributed by atoms with van der Waals surface area (Å²) in [5.74, 6) is -0.184. The molecule has 0 saturated heterocycles. The molecule has 0 amide bonds. The third kappa shape index (κ3) is 4.99. The summed E-state index contributed by atoms with van der Waals surface area (Å²) in [4.78, 5) is 3.74. The van der Waals surface area contributed by atoms with Gasteiger partial charge in [-0.3, -0.25) is 4.68 Å². The second kappa shape index (κ2) is 6.19. The summed E-state index contributed by atoms with van der Waals surface area (Å²) < 4.78 is 41.0. The Balaban J connectivity index is 2.26. The summed E-state index contributed by atoms with van der Waals surface area (Å²) >= 11 is 0. The molecule has 0 fully saturated rings. The van der Waals surface area contributed by atoms with Crippen LogP contribution in [-0.2, 0) is 11.3 Å². The summed E-state index contributed by atoms with van der Waals surface area (Å²) in [7, 11) is 0. The molecule has 1 aromatic heterocycles. The Morgan fingerprint density at radius 3 is 2.89 bits per heavy atom. The number of aromatic nitrogens is 3. The van der Waals surface area contributed by atoms with Crippen molar-refractivity contribution in [1.29, 1.82) is 0 Å². The zero-order valence-corrected chi connectivity index (χ0v) is 9.26. The lowest BCUT2D eigenvalue weighted by atomic mass is 10.4. The molecule has 1 heterocycles. The van der Waals surface area contributed by atoms with Gasteiger partial charge in [0.05, 0.1) is 0 Å². The van der Waals surface area contributed by atoms with Crippen LogP contribution in [-0.4, -0.2) is 45.2 Å². The standard InChI is InChI=1S/C8H12F3N5O2/c9-8(10,11)4-18-3-1-2-16-5-13-7(14-16)6(12)15-17/h5,17H,1-4H2,(H2,12,15). The Hall–Kier alpha value is -1.84. The fraction of sp³-hybridized carbons (Fsp3) is 0.625. The van der Waals surface area contributed by atoms with Crippen LogP contribution in [0, 0.1) is 0 Å². The van der Waals surface area contributed by atoms with Crippen LogP contribution in [0.4, 0.5) is 13.2 Å². The van der Waals surface area contributed by atoms with Crippen molar-refractivity contribution in [2.45, 2.75) is 19.1 Å². The number of amidine groups is 1. The third-order valence-corrected chi connectivity index (χ3v) is 1.81. The van der Waals surface area contributed by atoms with Crippen LogP contribution in [0.2, 0.25) is 0 Å². The average molecular weight is 267 g/mol. The maximum absolute atomic E-state index is 11.7. The predicted octanol–water partition coefficient (Wildman–Crippen LogP) is 0.342. The van der Waals surface area contributed by atoms with Crippen molar-refractivity contribution in [1.82, 2.24) is 14.8 Å². The molecule has 18 heavy (non-hydrogen) atoms. The van der Waals surface area contributed by atoms with Gasteiger partial charge < -0.3 is 15.7 Å². The van der Waals surface area contributed by atoms with Gasteiger partial charge in [0.1, 0.15) is 12.9 Å². The van der Waals surface area contributed by atoms with Gasteiger partial charge in [0, 0.05) is 13.2 Å².